The zero-order valence-electron chi connectivity index (χ0n) is 12.7. The molecule has 1 atom stereocenters. The van der Waals surface area contributed by atoms with Gasteiger partial charge in [0.25, 0.3) is 5.91 Å². The van der Waals surface area contributed by atoms with Gasteiger partial charge in [0.2, 0.25) is 11.8 Å². The van der Waals surface area contributed by atoms with E-state index in [1.54, 1.807) is 36.0 Å². The summed E-state index contributed by atoms with van der Waals surface area (Å²) in [5.41, 5.74) is 0.522. The van der Waals surface area contributed by atoms with Crippen LogP contribution in [0, 0.1) is 5.92 Å². The molecule has 0 bridgehead atoms. The highest BCUT2D eigenvalue weighted by molar-refractivity contribution is 5.94. The highest BCUT2D eigenvalue weighted by Gasteiger charge is 2.29. The first kappa shape index (κ1) is 15.3. The molecule has 0 aliphatic carbocycles. The first-order chi connectivity index (χ1) is 10.0. The van der Waals surface area contributed by atoms with Gasteiger partial charge in [-0.25, -0.2) is 4.98 Å². The Morgan fingerprint density at radius 1 is 1.38 bits per heavy atom. The van der Waals surface area contributed by atoms with Crippen LogP contribution in [0.4, 0.5) is 0 Å². The lowest BCUT2D eigenvalue weighted by molar-refractivity contribution is -0.134. The van der Waals surface area contributed by atoms with E-state index in [0.29, 0.717) is 24.5 Å². The van der Waals surface area contributed by atoms with Crippen LogP contribution in [0.5, 0.6) is 5.88 Å². The van der Waals surface area contributed by atoms with Crippen molar-refractivity contribution in [3.63, 3.8) is 0 Å². The fourth-order valence-corrected chi connectivity index (χ4v) is 2.54. The second kappa shape index (κ2) is 6.56. The second-order valence-corrected chi connectivity index (χ2v) is 5.41. The van der Waals surface area contributed by atoms with Crippen LogP contribution in [0.1, 0.15) is 23.2 Å². The number of aromatic nitrogens is 1. The zero-order chi connectivity index (χ0) is 15.4. The number of hydrogen-bond donors (Lipinski definition) is 0. The van der Waals surface area contributed by atoms with E-state index >= 15 is 0 Å². The predicted molar refractivity (Wildman–Crippen MR) is 78.1 cm³/mol. The normalized spacial score (nSPS) is 18.2. The lowest BCUT2D eigenvalue weighted by Crippen LogP contribution is -2.45. The molecular weight excluding hydrogens is 270 g/mol. The lowest BCUT2D eigenvalue weighted by atomic mass is 9.96. The third-order valence-corrected chi connectivity index (χ3v) is 3.69. The SMILES string of the molecule is COc1ccc(C(=O)N2CCC[C@H](C(=O)N(C)C)C2)cn1. The molecule has 0 N–H and O–H groups in total. The molecule has 1 aromatic rings. The van der Waals surface area contributed by atoms with Gasteiger partial charge in [0, 0.05) is 39.4 Å². The highest BCUT2D eigenvalue weighted by atomic mass is 16.5. The van der Waals surface area contributed by atoms with E-state index in [4.69, 9.17) is 4.74 Å². The molecule has 1 aromatic heterocycles. The van der Waals surface area contributed by atoms with Crippen LogP contribution in [0.15, 0.2) is 18.3 Å². The van der Waals surface area contributed by atoms with Gasteiger partial charge >= 0.3 is 0 Å². The molecule has 1 aliphatic rings. The Morgan fingerprint density at radius 3 is 2.71 bits per heavy atom. The molecule has 0 spiro atoms. The van der Waals surface area contributed by atoms with Gasteiger partial charge in [-0.3, -0.25) is 9.59 Å². The van der Waals surface area contributed by atoms with E-state index in [1.165, 1.54) is 13.3 Å². The Labute approximate surface area is 124 Å². The Kier molecular flexibility index (Phi) is 4.77. The van der Waals surface area contributed by atoms with Crippen molar-refractivity contribution in [3.05, 3.63) is 23.9 Å². The maximum atomic E-state index is 12.5. The van der Waals surface area contributed by atoms with E-state index in [2.05, 4.69) is 4.98 Å². The number of rotatable bonds is 3. The number of likely N-dealkylation sites (tertiary alicyclic amines) is 1. The first-order valence-electron chi connectivity index (χ1n) is 7.03. The van der Waals surface area contributed by atoms with Crippen LogP contribution in [0.3, 0.4) is 0 Å². The molecule has 1 aliphatic heterocycles. The average Bonchev–Trinajstić information content (AvgIpc) is 2.53. The average molecular weight is 291 g/mol. The van der Waals surface area contributed by atoms with Crippen molar-refractivity contribution in [2.75, 3.05) is 34.3 Å². The van der Waals surface area contributed by atoms with Crippen LogP contribution in [-0.4, -0.2) is 60.9 Å². The minimum Gasteiger partial charge on any atom is -0.481 e. The highest BCUT2D eigenvalue weighted by Crippen LogP contribution is 2.20. The third-order valence-electron chi connectivity index (χ3n) is 3.69. The number of carbonyl (C=O) groups excluding carboxylic acids is 2. The van der Waals surface area contributed by atoms with Crippen molar-refractivity contribution in [1.82, 2.24) is 14.8 Å². The molecule has 1 fully saturated rings. The number of methoxy groups -OCH3 is 1. The fourth-order valence-electron chi connectivity index (χ4n) is 2.54. The molecule has 114 valence electrons. The summed E-state index contributed by atoms with van der Waals surface area (Å²) >= 11 is 0. The van der Waals surface area contributed by atoms with Crippen LogP contribution in [0.2, 0.25) is 0 Å². The minimum absolute atomic E-state index is 0.0820. The first-order valence-corrected chi connectivity index (χ1v) is 7.03. The smallest absolute Gasteiger partial charge is 0.255 e. The second-order valence-electron chi connectivity index (χ2n) is 5.41. The Bertz CT molecular complexity index is 513. The van der Waals surface area contributed by atoms with Crippen molar-refractivity contribution in [3.8, 4) is 5.88 Å². The Morgan fingerprint density at radius 2 is 2.14 bits per heavy atom. The number of ether oxygens (including phenoxy) is 1. The van der Waals surface area contributed by atoms with Crippen LogP contribution in [-0.2, 0) is 4.79 Å². The van der Waals surface area contributed by atoms with Crippen LogP contribution >= 0.6 is 0 Å². The number of carbonyl (C=O) groups is 2. The van der Waals surface area contributed by atoms with E-state index in [1.807, 2.05) is 0 Å². The van der Waals surface area contributed by atoms with E-state index in [9.17, 15) is 9.59 Å². The standard InChI is InChI=1S/C15H21N3O3/c1-17(2)14(19)12-5-4-8-18(10-12)15(20)11-6-7-13(21-3)16-9-11/h6-7,9,12H,4-5,8,10H2,1-3H3/t12-/m0/s1. The lowest BCUT2D eigenvalue weighted by Gasteiger charge is -2.33. The number of pyridine rings is 1. The molecule has 0 aromatic carbocycles. The van der Waals surface area contributed by atoms with Crippen LogP contribution < -0.4 is 4.74 Å². The number of hydrogen-bond acceptors (Lipinski definition) is 4. The summed E-state index contributed by atoms with van der Waals surface area (Å²) in [6, 6.07) is 3.37. The van der Waals surface area contributed by atoms with Gasteiger partial charge in [0.05, 0.1) is 18.6 Å². The monoisotopic (exact) mass is 291 g/mol. The van der Waals surface area contributed by atoms with Gasteiger partial charge in [-0.05, 0) is 18.9 Å². The van der Waals surface area contributed by atoms with Gasteiger partial charge in [-0.15, -0.1) is 0 Å². The predicted octanol–water partition coefficient (Wildman–Crippen LogP) is 1.03. The summed E-state index contributed by atoms with van der Waals surface area (Å²) in [6.45, 7) is 1.16. The summed E-state index contributed by atoms with van der Waals surface area (Å²) in [5.74, 6) is 0.372. The number of amides is 2. The maximum absolute atomic E-state index is 12.5. The van der Waals surface area contributed by atoms with Crippen LogP contribution in [0.25, 0.3) is 0 Å². The zero-order valence-corrected chi connectivity index (χ0v) is 12.7. The summed E-state index contributed by atoms with van der Waals surface area (Å²) < 4.78 is 4.98. The molecule has 0 saturated carbocycles. The van der Waals surface area contributed by atoms with Crippen molar-refractivity contribution in [2.45, 2.75) is 12.8 Å². The largest absolute Gasteiger partial charge is 0.481 e. The fraction of sp³-hybridized carbons (Fsp3) is 0.533. The summed E-state index contributed by atoms with van der Waals surface area (Å²) in [4.78, 5) is 31.9. The summed E-state index contributed by atoms with van der Waals surface area (Å²) in [7, 11) is 5.03. The molecule has 2 heterocycles. The topological polar surface area (TPSA) is 62.7 Å². The van der Waals surface area contributed by atoms with Gasteiger partial charge in [-0.2, -0.15) is 0 Å². The number of piperidine rings is 1. The molecule has 2 rings (SSSR count). The Balaban J connectivity index is 2.06. The van der Waals surface area contributed by atoms with Crippen molar-refractivity contribution in [2.24, 2.45) is 5.92 Å². The summed E-state index contributed by atoms with van der Waals surface area (Å²) in [5, 5.41) is 0. The van der Waals surface area contributed by atoms with Crippen molar-refractivity contribution >= 4 is 11.8 Å². The van der Waals surface area contributed by atoms with Gasteiger partial charge in [0.1, 0.15) is 0 Å². The molecule has 0 unspecified atom stereocenters. The molecular formula is C15H21N3O3. The van der Waals surface area contributed by atoms with Crippen molar-refractivity contribution < 1.29 is 14.3 Å². The molecule has 6 heteroatoms. The molecule has 0 radical (unpaired) electrons. The molecule has 1 saturated heterocycles. The molecule has 21 heavy (non-hydrogen) atoms. The van der Waals surface area contributed by atoms with E-state index in [0.717, 1.165) is 12.8 Å². The van der Waals surface area contributed by atoms with E-state index in [-0.39, 0.29) is 17.7 Å². The minimum atomic E-state index is -0.107. The van der Waals surface area contributed by atoms with Gasteiger partial charge in [0.15, 0.2) is 0 Å². The summed E-state index contributed by atoms with van der Waals surface area (Å²) in [6.07, 6.45) is 3.19. The van der Waals surface area contributed by atoms with E-state index < -0.39 is 0 Å². The quantitative estimate of drug-likeness (QED) is 0.834. The van der Waals surface area contributed by atoms with Crippen molar-refractivity contribution in [1.29, 1.82) is 0 Å². The van der Waals surface area contributed by atoms with Gasteiger partial charge < -0.3 is 14.5 Å². The molecule has 6 nitrogen and oxygen atoms in total. The van der Waals surface area contributed by atoms with Gasteiger partial charge in [-0.1, -0.05) is 0 Å². The third kappa shape index (κ3) is 3.51. The Hall–Kier alpha value is -2.11. The maximum Gasteiger partial charge on any atom is 0.255 e. The number of nitrogens with zero attached hydrogens (tertiary/aromatic N) is 3. The molecule has 2 amide bonds.